The predicted molar refractivity (Wildman–Crippen MR) is 93.3 cm³/mol. The molecule has 3 rings (SSSR count). The van der Waals surface area contributed by atoms with Crippen molar-refractivity contribution in [3.8, 4) is 5.75 Å². The predicted octanol–water partition coefficient (Wildman–Crippen LogP) is 3.37. The molecule has 1 aliphatic carbocycles. The van der Waals surface area contributed by atoms with Crippen LogP contribution in [0.5, 0.6) is 5.75 Å². The van der Waals surface area contributed by atoms with E-state index in [1.54, 1.807) is 18.2 Å². The van der Waals surface area contributed by atoms with Crippen molar-refractivity contribution in [3.63, 3.8) is 0 Å². The summed E-state index contributed by atoms with van der Waals surface area (Å²) in [5.74, 6) is -0.635. The van der Waals surface area contributed by atoms with E-state index in [1.165, 1.54) is 4.90 Å². The summed E-state index contributed by atoms with van der Waals surface area (Å²) in [5, 5.41) is 0.637. The Morgan fingerprint density at radius 2 is 1.84 bits per heavy atom. The molecule has 2 fully saturated rings. The highest BCUT2D eigenvalue weighted by Gasteiger charge is 2.47. The molecular formula is C19H22ClNO4. The molecular weight excluding hydrogens is 342 g/mol. The molecule has 1 heterocycles. The molecule has 2 amide bonds. The summed E-state index contributed by atoms with van der Waals surface area (Å²) in [7, 11) is 0. The fourth-order valence-corrected chi connectivity index (χ4v) is 3.97. The zero-order valence-electron chi connectivity index (χ0n) is 14.3. The molecule has 1 saturated carbocycles. The van der Waals surface area contributed by atoms with Crippen LogP contribution in [0.15, 0.2) is 18.2 Å². The van der Waals surface area contributed by atoms with Crippen LogP contribution in [0.4, 0.5) is 0 Å². The van der Waals surface area contributed by atoms with Crippen molar-refractivity contribution in [2.75, 3.05) is 6.54 Å². The minimum atomic E-state index is -0.458. The standard InChI is InChI=1S/C19H22ClNO4/c1-2-12-11-13(7-8-16(12)20)25-17(22)9-10-21-18(23)14-5-3-4-6-15(14)19(21)24/h7-8,11,14-15H,2-6,9-10H2,1H3/t14-,15-/m0/s1. The SMILES string of the molecule is CCc1cc(OC(=O)CCN2C(=O)[C@H]3CCCC[C@@H]3C2=O)ccc1Cl. The van der Waals surface area contributed by atoms with Gasteiger partial charge in [-0.3, -0.25) is 19.3 Å². The maximum atomic E-state index is 12.4. The molecule has 0 unspecified atom stereocenters. The van der Waals surface area contributed by atoms with Crippen molar-refractivity contribution in [2.45, 2.75) is 45.4 Å². The number of carbonyl (C=O) groups excluding carboxylic acids is 3. The maximum absolute atomic E-state index is 12.4. The Labute approximate surface area is 152 Å². The first-order valence-corrected chi connectivity index (χ1v) is 9.23. The fraction of sp³-hybridized carbons (Fsp3) is 0.526. The van der Waals surface area contributed by atoms with Gasteiger partial charge in [-0.05, 0) is 43.0 Å². The molecule has 6 heteroatoms. The fourth-order valence-electron chi connectivity index (χ4n) is 3.72. The first-order valence-electron chi connectivity index (χ1n) is 8.85. The molecule has 1 aromatic carbocycles. The Kier molecular flexibility index (Phi) is 5.42. The van der Waals surface area contributed by atoms with Crippen LogP contribution in [0.25, 0.3) is 0 Å². The highest BCUT2D eigenvalue weighted by Crippen LogP contribution is 2.38. The zero-order valence-corrected chi connectivity index (χ0v) is 15.1. The summed E-state index contributed by atoms with van der Waals surface area (Å²) in [4.78, 5) is 38.1. The van der Waals surface area contributed by atoms with Gasteiger partial charge in [-0.25, -0.2) is 0 Å². The van der Waals surface area contributed by atoms with Gasteiger partial charge >= 0.3 is 5.97 Å². The largest absolute Gasteiger partial charge is 0.426 e. The van der Waals surface area contributed by atoms with Crippen molar-refractivity contribution in [3.05, 3.63) is 28.8 Å². The molecule has 1 aliphatic heterocycles. The molecule has 134 valence electrons. The molecule has 1 aromatic rings. The number of likely N-dealkylation sites (tertiary alicyclic amines) is 1. The van der Waals surface area contributed by atoms with Crippen LogP contribution in [0.1, 0.15) is 44.6 Å². The number of rotatable bonds is 5. The van der Waals surface area contributed by atoms with Gasteiger partial charge in [-0.2, -0.15) is 0 Å². The molecule has 0 aromatic heterocycles. The van der Waals surface area contributed by atoms with Crippen LogP contribution in [0.2, 0.25) is 5.02 Å². The lowest BCUT2D eigenvalue weighted by Gasteiger charge is -2.19. The number of hydrogen-bond acceptors (Lipinski definition) is 4. The third-order valence-electron chi connectivity index (χ3n) is 5.10. The summed E-state index contributed by atoms with van der Waals surface area (Å²) >= 11 is 6.05. The van der Waals surface area contributed by atoms with E-state index < -0.39 is 5.97 Å². The van der Waals surface area contributed by atoms with E-state index in [4.69, 9.17) is 16.3 Å². The molecule has 2 atom stereocenters. The first kappa shape index (κ1) is 17.9. The van der Waals surface area contributed by atoms with Gasteiger partial charge in [0.1, 0.15) is 5.75 Å². The van der Waals surface area contributed by atoms with Crippen LogP contribution in [0.3, 0.4) is 0 Å². The second-order valence-electron chi connectivity index (χ2n) is 6.66. The van der Waals surface area contributed by atoms with Crippen molar-refractivity contribution >= 4 is 29.4 Å². The number of halogens is 1. The monoisotopic (exact) mass is 363 g/mol. The molecule has 0 N–H and O–H groups in total. The summed E-state index contributed by atoms with van der Waals surface area (Å²) in [6, 6.07) is 5.07. The maximum Gasteiger partial charge on any atom is 0.312 e. The lowest BCUT2D eigenvalue weighted by Crippen LogP contribution is -2.33. The van der Waals surface area contributed by atoms with E-state index in [-0.39, 0.29) is 36.6 Å². The number of esters is 1. The number of amides is 2. The van der Waals surface area contributed by atoms with E-state index in [0.29, 0.717) is 10.8 Å². The Morgan fingerprint density at radius 1 is 1.20 bits per heavy atom. The lowest BCUT2D eigenvalue weighted by atomic mass is 9.81. The first-order chi connectivity index (χ1) is 12.0. The normalized spacial score (nSPS) is 22.9. The minimum absolute atomic E-state index is 0.000997. The van der Waals surface area contributed by atoms with Gasteiger partial charge in [0.2, 0.25) is 11.8 Å². The van der Waals surface area contributed by atoms with E-state index >= 15 is 0 Å². The third kappa shape index (κ3) is 3.71. The van der Waals surface area contributed by atoms with Crippen LogP contribution in [0, 0.1) is 11.8 Å². The average molecular weight is 364 g/mol. The lowest BCUT2D eigenvalue weighted by molar-refractivity contribution is -0.141. The van der Waals surface area contributed by atoms with Crippen LogP contribution in [-0.2, 0) is 20.8 Å². The second kappa shape index (κ2) is 7.56. The molecule has 25 heavy (non-hydrogen) atoms. The van der Waals surface area contributed by atoms with Crippen molar-refractivity contribution in [1.82, 2.24) is 4.90 Å². The number of carbonyl (C=O) groups is 3. The summed E-state index contributed by atoms with van der Waals surface area (Å²) in [6.45, 7) is 2.06. The highest BCUT2D eigenvalue weighted by atomic mass is 35.5. The van der Waals surface area contributed by atoms with Gasteiger partial charge in [0, 0.05) is 11.6 Å². The Morgan fingerprint density at radius 3 is 2.44 bits per heavy atom. The molecule has 0 bridgehead atoms. The van der Waals surface area contributed by atoms with E-state index in [1.807, 2.05) is 6.92 Å². The van der Waals surface area contributed by atoms with Crippen LogP contribution < -0.4 is 4.74 Å². The molecule has 1 saturated heterocycles. The number of benzene rings is 1. The zero-order chi connectivity index (χ0) is 18.0. The highest BCUT2D eigenvalue weighted by molar-refractivity contribution is 6.31. The van der Waals surface area contributed by atoms with E-state index in [2.05, 4.69) is 0 Å². The van der Waals surface area contributed by atoms with Crippen LogP contribution >= 0.6 is 11.6 Å². The van der Waals surface area contributed by atoms with Gasteiger partial charge < -0.3 is 4.74 Å². The number of hydrogen-bond donors (Lipinski definition) is 0. The molecule has 0 spiro atoms. The van der Waals surface area contributed by atoms with E-state index in [9.17, 15) is 14.4 Å². The van der Waals surface area contributed by atoms with Gasteiger partial charge in [0.15, 0.2) is 0 Å². The van der Waals surface area contributed by atoms with Gasteiger partial charge in [-0.15, -0.1) is 0 Å². The van der Waals surface area contributed by atoms with Gasteiger partial charge in [0.25, 0.3) is 0 Å². The summed E-state index contributed by atoms with van der Waals surface area (Å²) < 4.78 is 5.31. The number of aryl methyl sites for hydroxylation is 1. The number of ether oxygens (including phenoxy) is 1. The third-order valence-corrected chi connectivity index (χ3v) is 5.47. The quantitative estimate of drug-likeness (QED) is 0.457. The van der Waals surface area contributed by atoms with Crippen molar-refractivity contribution < 1.29 is 19.1 Å². The topological polar surface area (TPSA) is 63.7 Å². The van der Waals surface area contributed by atoms with Crippen molar-refractivity contribution in [1.29, 1.82) is 0 Å². The minimum Gasteiger partial charge on any atom is -0.426 e. The number of fused-ring (bicyclic) bond motifs is 1. The molecule has 5 nitrogen and oxygen atoms in total. The van der Waals surface area contributed by atoms with E-state index in [0.717, 1.165) is 37.7 Å². The Hall–Kier alpha value is -1.88. The second-order valence-corrected chi connectivity index (χ2v) is 7.06. The summed E-state index contributed by atoms with van der Waals surface area (Å²) in [6.07, 6.45) is 4.28. The van der Waals surface area contributed by atoms with Gasteiger partial charge in [0.05, 0.1) is 18.3 Å². The summed E-state index contributed by atoms with van der Waals surface area (Å²) in [5.41, 5.74) is 0.904. The number of imide groups is 1. The molecule has 2 aliphatic rings. The van der Waals surface area contributed by atoms with Crippen molar-refractivity contribution in [2.24, 2.45) is 11.8 Å². The Balaban J connectivity index is 1.57. The smallest absolute Gasteiger partial charge is 0.312 e. The van der Waals surface area contributed by atoms with Crippen LogP contribution in [-0.4, -0.2) is 29.2 Å². The number of nitrogens with zero attached hydrogens (tertiary/aromatic N) is 1. The molecule has 0 radical (unpaired) electrons. The average Bonchev–Trinajstić information content (AvgIpc) is 2.86. The Bertz CT molecular complexity index is 679. The van der Waals surface area contributed by atoms with Gasteiger partial charge in [-0.1, -0.05) is 31.4 Å².